The van der Waals surface area contributed by atoms with Gasteiger partial charge in [0.15, 0.2) is 0 Å². The van der Waals surface area contributed by atoms with Gasteiger partial charge in [-0.3, -0.25) is 14.4 Å². The van der Waals surface area contributed by atoms with E-state index in [4.69, 9.17) is 9.47 Å². The van der Waals surface area contributed by atoms with Crippen molar-refractivity contribution in [2.75, 3.05) is 36.6 Å². The minimum Gasteiger partial charge on any atom is -0.497 e. The van der Waals surface area contributed by atoms with E-state index in [2.05, 4.69) is 13.2 Å². The lowest BCUT2D eigenvalue weighted by Gasteiger charge is -2.41. The molecule has 46 heavy (non-hydrogen) atoms. The fourth-order valence-corrected chi connectivity index (χ4v) is 8.09. The number of amides is 3. The highest BCUT2D eigenvalue weighted by atomic mass is 16.5. The van der Waals surface area contributed by atoms with Crippen LogP contribution in [0, 0.1) is 23.7 Å². The van der Waals surface area contributed by atoms with Crippen molar-refractivity contribution in [3.05, 3.63) is 79.9 Å². The summed E-state index contributed by atoms with van der Waals surface area (Å²) in [6.45, 7) is 15.8. The third-order valence-electron chi connectivity index (χ3n) is 10.7. The molecule has 3 fully saturated rings. The van der Waals surface area contributed by atoms with Crippen LogP contribution >= 0.6 is 0 Å². The van der Waals surface area contributed by atoms with Gasteiger partial charge in [-0.2, -0.15) is 0 Å². The van der Waals surface area contributed by atoms with Gasteiger partial charge in [-0.05, 0) is 61.6 Å². The molecule has 0 aromatic heterocycles. The first-order chi connectivity index (χ1) is 22.0. The third kappa shape index (κ3) is 5.14. The number of aliphatic hydroxyl groups is 1. The second-order valence-electron chi connectivity index (χ2n) is 13.1. The number of aliphatic hydroxyl groups excluding tert-OH is 1. The maximum Gasteiger partial charge on any atom is 0.253 e. The Bertz CT molecular complexity index is 1460. The van der Waals surface area contributed by atoms with Crippen molar-refractivity contribution >= 4 is 29.1 Å². The Balaban J connectivity index is 1.67. The van der Waals surface area contributed by atoms with Crippen LogP contribution in [0.15, 0.2) is 79.9 Å². The van der Waals surface area contributed by atoms with E-state index in [1.165, 1.54) is 0 Å². The van der Waals surface area contributed by atoms with Gasteiger partial charge in [0.25, 0.3) is 5.91 Å². The summed E-state index contributed by atoms with van der Waals surface area (Å²) in [5.74, 6) is -2.27. The molecule has 1 N–H and O–H groups in total. The number of anilines is 2. The van der Waals surface area contributed by atoms with E-state index in [0.717, 1.165) is 0 Å². The molecule has 3 amide bonds. The van der Waals surface area contributed by atoms with Gasteiger partial charge in [0.2, 0.25) is 11.8 Å². The molecule has 2 bridgehead atoms. The van der Waals surface area contributed by atoms with Gasteiger partial charge in [-0.25, -0.2) is 0 Å². The molecule has 3 unspecified atom stereocenters. The lowest BCUT2D eigenvalue weighted by molar-refractivity contribution is -0.150. The Labute approximate surface area is 272 Å². The summed E-state index contributed by atoms with van der Waals surface area (Å²) in [6, 6.07) is 14.8. The molecule has 9 nitrogen and oxygen atoms in total. The third-order valence-corrected chi connectivity index (χ3v) is 10.7. The van der Waals surface area contributed by atoms with E-state index >= 15 is 4.79 Å². The lowest BCUT2D eigenvalue weighted by atomic mass is 9.62. The van der Waals surface area contributed by atoms with Crippen LogP contribution in [0.2, 0.25) is 0 Å². The number of para-hydroxylation sites is 1. The molecular weight excluding hydrogens is 582 g/mol. The number of methoxy groups -OCH3 is 1. The van der Waals surface area contributed by atoms with Crippen molar-refractivity contribution < 1.29 is 29.0 Å². The maximum atomic E-state index is 15.0. The Morgan fingerprint density at radius 2 is 1.65 bits per heavy atom. The summed E-state index contributed by atoms with van der Waals surface area (Å²) in [5, 5.41) is 10.8. The van der Waals surface area contributed by atoms with Crippen LogP contribution in [0.5, 0.6) is 5.75 Å². The molecule has 1 spiro atoms. The van der Waals surface area contributed by atoms with E-state index < -0.39 is 35.1 Å². The normalized spacial score (nSPS) is 29.2. The van der Waals surface area contributed by atoms with Gasteiger partial charge in [-0.15, -0.1) is 13.2 Å². The molecule has 2 aromatic rings. The van der Waals surface area contributed by atoms with Gasteiger partial charge in [0.1, 0.15) is 17.4 Å². The summed E-state index contributed by atoms with van der Waals surface area (Å²) in [5.41, 5.74) is -0.959. The van der Waals surface area contributed by atoms with E-state index in [-0.39, 0.29) is 49.3 Å². The molecule has 246 valence electrons. The highest BCUT2D eigenvalue weighted by molar-refractivity contribution is 6.07. The van der Waals surface area contributed by atoms with E-state index in [1.54, 1.807) is 58.2 Å². The quantitative estimate of drug-likeness (QED) is 0.318. The second-order valence-corrected chi connectivity index (χ2v) is 13.1. The predicted octanol–water partition coefficient (Wildman–Crippen LogP) is 4.85. The Kier molecular flexibility index (Phi) is 9.47. The first-order valence-corrected chi connectivity index (χ1v) is 16.2. The van der Waals surface area contributed by atoms with Gasteiger partial charge in [0, 0.05) is 24.5 Å². The lowest BCUT2D eigenvalue weighted by Crippen LogP contribution is -2.60. The Morgan fingerprint density at radius 3 is 2.20 bits per heavy atom. The first-order valence-electron chi connectivity index (χ1n) is 16.2. The number of nitrogens with zero attached hydrogens (tertiary/aromatic N) is 3. The molecule has 9 heteroatoms. The molecule has 8 atom stereocenters. The van der Waals surface area contributed by atoms with E-state index in [0.29, 0.717) is 30.0 Å². The average Bonchev–Trinajstić information content (AvgIpc) is 3.59. The van der Waals surface area contributed by atoms with E-state index in [9.17, 15) is 14.7 Å². The van der Waals surface area contributed by atoms with Crippen molar-refractivity contribution in [2.24, 2.45) is 23.7 Å². The molecule has 0 saturated carbocycles. The number of hydrogen-bond donors (Lipinski definition) is 1. The highest BCUT2D eigenvalue weighted by Gasteiger charge is 2.80. The summed E-state index contributed by atoms with van der Waals surface area (Å²) >= 11 is 0. The van der Waals surface area contributed by atoms with Gasteiger partial charge < -0.3 is 29.3 Å². The van der Waals surface area contributed by atoms with Crippen LogP contribution < -0.4 is 14.5 Å². The Hall–Kier alpha value is -3.95. The molecule has 3 saturated heterocycles. The first kappa shape index (κ1) is 33.4. The number of likely N-dealkylation sites (tertiary alicyclic amines) is 1. The summed E-state index contributed by atoms with van der Waals surface area (Å²) < 4.78 is 12.4. The zero-order valence-corrected chi connectivity index (χ0v) is 27.6. The van der Waals surface area contributed by atoms with Crippen molar-refractivity contribution in [3.63, 3.8) is 0 Å². The fraction of sp³-hybridized carbons (Fsp3) is 0.486. The van der Waals surface area contributed by atoms with Gasteiger partial charge in [-0.1, -0.05) is 57.5 Å². The zero-order valence-electron chi connectivity index (χ0n) is 27.6. The van der Waals surface area contributed by atoms with Crippen LogP contribution in [0.25, 0.3) is 0 Å². The van der Waals surface area contributed by atoms with Crippen molar-refractivity contribution in [1.29, 1.82) is 0 Å². The van der Waals surface area contributed by atoms with Crippen LogP contribution in [-0.2, 0) is 19.1 Å². The molecule has 3 aliphatic heterocycles. The summed E-state index contributed by atoms with van der Waals surface area (Å²) in [7, 11) is 1.58. The van der Waals surface area contributed by atoms with Gasteiger partial charge >= 0.3 is 0 Å². The largest absolute Gasteiger partial charge is 0.497 e. The maximum absolute atomic E-state index is 15.0. The molecule has 3 aliphatic rings. The number of ether oxygens (including phenoxy) is 2. The molecule has 5 rings (SSSR count). The van der Waals surface area contributed by atoms with Gasteiger partial charge in [0.05, 0.1) is 37.2 Å². The SMILES string of the molecule is C=CCN(C(=O)C1N([C@@H](CO)[C@@H](C)CC)C(=O)[C@@H]2[C@@H](C(=O)N(CC=C)c3ccccc3)[C@]3(C)OC12CC3C)c1ccc(OC)cc1. The van der Waals surface area contributed by atoms with Crippen molar-refractivity contribution in [3.8, 4) is 5.75 Å². The number of fused-ring (bicyclic) bond motifs is 1. The molecular formula is C37H47N3O6. The molecule has 0 aliphatic carbocycles. The number of carbonyl (C=O) groups is 3. The van der Waals surface area contributed by atoms with Crippen LogP contribution in [-0.4, -0.2) is 77.8 Å². The summed E-state index contributed by atoms with van der Waals surface area (Å²) in [4.78, 5) is 49.5. The van der Waals surface area contributed by atoms with Crippen LogP contribution in [0.3, 0.4) is 0 Å². The Morgan fingerprint density at radius 1 is 1.07 bits per heavy atom. The van der Waals surface area contributed by atoms with Crippen LogP contribution in [0.1, 0.15) is 40.5 Å². The highest BCUT2D eigenvalue weighted by Crippen LogP contribution is 2.66. The van der Waals surface area contributed by atoms with Crippen LogP contribution in [0.4, 0.5) is 11.4 Å². The monoisotopic (exact) mass is 629 g/mol. The molecule has 3 heterocycles. The number of carbonyl (C=O) groups excluding carboxylic acids is 3. The molecule has 2 aromatic carbocycles. The fourth-order valence-electron chi connectivity index (χ4n) is 8.09. The minimum absolute atomic E-state index is 0.116. The van der Waals surface area contributed by atoms with Crippen molar-refractivity contribution in [1.82, 2.24) is 4.90 Å². The zero-order chi connectivity index (χ0) is 33.4. The van der Waals surface area contributed by atoms with E-state index in [1.807, 2.05) is 58.0 Å². The van der Waals surface area contributed by atoms with Crippen molar-refractivity contribution in [2.45, 2.75) is 63.8 Å². The molecule has 0 radical (unpaired) electrons. The number of hydrogen-bond acceptors (Lipinski definition) is 6. The second kappa shape index (κ2) is 13.0. The smallest absolute Gasteiger partial charge is 0.253 e. The topological polar surface area (TPSA) is 99.6 Å². The number of benzene rings is 2. The standard InChI is InChI=1S/C37H47N3O6/c1-8-20-38(26-14-12-11-13-15-26)33(42)30-31-34(43)40(29(23-41)24(4)10-3)32(37(31)22-25(5)36(30,6)46-37)35(44)39(21-9-2)27-16-18-28(45-7)19-17-27/h8-9,11-19,24-25,29-32,41H,1-2,10,20-23H2,3-7H3/t24-,25?,29-,30-,31-,32?,36+,37?/m0/s1. The summed E-state index contributed by atoms with van der Waals surface area (Å²) in [6.07, 6.45) is 4.42. The average molecular weight is 630 g/mol. The minimum atomic E-state index is -1.27. The predicted molar refractivity (Wildman–Crippen MR) is 178 cm³/mol. The number of rotatable bonds is 13.